The van der Waals surface area contributed by atoms with Crippen molar-refractivity contribution in [3.8, 4) is 5.88 Å². The number of nitrogens with one attached hydrogen (secondary N) is 1. The standard InChI is InChI=1S/C13H15N3O3S/c1-19-12-8-7-11(14)13(16-12)15-9-3-5-10(6-4-9)20(2,17)18/h3-8H,14H2,1-2H3,(H,15,16). The number of sulfone groups is 1. The van der Waals surface area contributed by atoms with E-state index in [1.165, 1.54) is 19.2 Å². The number of hydrogen-bond acceptors (Lipinski definition) is 6. The molecule has 0 aliphatic carbocycles. The molecule has 3 N–H and O–H groups in total. The van der Waals surface area contributed by atoms with Crippen molar-refractivity contribution < 1.29 is 13.2 Å². The van der Waals surface area contributed by atoms with Gasteiger partial charge in [0.1, 0.15) is 0 Å². The maximum atomic E-state index is 11.4. The number of benzene rings is 1. The molecule has 2 aromatic rings. The van der Waals surface area contributed by atoms with Gasteiger partial charge >= 0.3 is 0 Å². The van der Waals surface area contributed by atoms with Crippen molar-refractivity contribution in [2.75, 3.05) is 24.4 Å². The molecule has 0 aliphatic rings. The number of anilines is 3. The zero-order chi connectivity index (χ0) is 14.8. The van der Waals surface area contributed by atoms with E-state index >= 15 is 0 Å². The highest BCUT2D eigenvalue weighted by molar-refractivity contribution is 7.90. The zero-order valence-corrected chi connectivity index (χ0v) is 11.9. The van der Waals surface area contributed by atoms with Gasteiger partial charge < -0.3 is 15.8 Å². The van der Waals surface area contributed by atoms with E-state index in [1.54, 1.807) is 24.3 Å². The van der Waals surface area contributed by atoms with Gasteiger partial charge in [0, 0.05) is 18.0 Å². The van der Waals surface area contributed by atoms with Crippen molar-refractivity contribution in [1.82, 2.24) is 4.98 Å². The fraction of sp³-hybridized carbons (Fsp3) is 0.154. The first kappa shape index (κ1) is 14.1. The molecule has 0 spiro atoms. The van der Waals surface area contributed by atoms with Gasteiger partial charge in [-0.25, -0.2) is 8.42 Å². The third-order valence-corrected chi connectivity index (χ3v) is 3.78. The molecule has 1 aromatic carbocycles. The van der Waals surface area contributed by atoms with E-state index in [9.17, 15) is 8.42 Å². The molecule has 0 fully saturated rings. The summed E-state index contributed by atoms with van der Waals surface area (Å²) < 4.78 is 27.8. The largest absolute Gasteiger partial charge is 0.481 e. The number of methoxy groups -OCH3 is 1. The molecular weight excluding hydrogens is 278 g/mol. The lowest BCUT2D eigenvalue weighted by Crippen LogP contribution is -2.01. The van der Waals surface area contributed by atoms with Crippen LogP contribution in [0.3, 0.4) is 0 Å². The van der Waals surface area contributed by atoms with E-state index in [0.29, 0.717) is 23.1 Å². The molecule has 6 nitrogen and oxygen atoms in total. The Hall–Kier alpha value is -2.28. The molecular formula is C13H15N3O3S. The van der Waals surface area contributed by atoms with E-state index in [2.05, 4.69) is 10.3 Å². The van der Waals surface area contributed by atoms with Crippen LogP contribution in [0.4, 0.5) is 17.2 Å². The highest BCUT2D eigenvalue weighted by Crippen LogP contribution is 2.24. The Morgan fingerprint density at radius 1 is 1.15 bits per heavy atom. The predicted molar refractivity (Wildman–Crippen MR) is 78.0 cm³/mol. The summed E-state index contributed by atoms with van der Waals surface area (Å²) in [6, 6.07) is 9.68. The smallest absolute Gasteiger partial charge is 0.215 e. The number of ether oxygens (including phenoxy) is 1. The van der Waals surface area contributed by atoms with Gasteiger partial charge in [0.25, 0.3) is 0 Å². The lowest BCUT2D eigenvalue weighted by molar-refractivity contribution is 0.398. The normalized spacial score (nSPS) is 11.1. The molecule has 20 heavy (non-hydrogen) atoms. The number of aromatic nitrogens is 1. The summed E-state index contributed by atoms with van der Waals surface area (Å²) in [5.74, 6) is 0.894. The van der Waals surface area contributed by atoms with Crippen LogP contribution in [-0.4, -0.2) is 26.8 Å². The lowest BCUT2D eigenvalue weighted by atomic mass is 10.3. The molecule has 0 radical (unpaired) electrons. The quantitative estimate of drug-likeness (QED) is 0.893. The van der Waals surface area contributed by atoms with Crippen LogP contribution in [0.1, 0.15) is 0 Å². The molecule has 7 heteroatoms. The van der Waals surface area contributed by atoms with Gasteiger partial charge in [-0.15, -0.1) is 0 Å². The zero-order valence-electron chi connectivity index (χ0n) is 11.1. The van der Waals surface area contributed by atoms with E-state index in [1.807, 2.05) is 0 Å². The van der Waals surface area contributed by atoms with E-state index in [-0.39, 0.29) is 4.90 Å². The third-order valence-electron chi connectivity index (χ3n) is 2.66. The first-order chi connectivity index (χ1) is 9.40. The van der Waals surface area contributed by atoms with Crippen LogP contribution >= 0.6 is 0 Å². The summed E-state index contributed by atoms with van der Waals surface area (Å²) >= 11 is 0. The number of nitrogens with two attached hydrogens (primary N) is 1. The van der Waals surface area contributed by atoms with Gasteiger partial charge in [-0.2, -0.15) is 4.98 Å². The monoisotopic (exact) mass is 293 g/mol. The van der Waals surface area contributed by atoms with Crippen molar-refractivity contribution >= 4 is 27.0 Å². The van der Waals surface area contributed by atoms with Crippen LogP contribution in [0.25, 0.3) is 0 Å². The molecule has 0 atom stereocenters. The summed E-state index contributed by atoms with van der Waals surface area (Å²) in [4.78, 5) is 4.44. The predicted octanol–water partition coefficient (Wildman–Crippen LogP) is 1.82. The van der Waals surface area contributed by atoms with Gasteiger partial charge in [0.05, 0.1) is 17.7 Å². The van der Waals surface area contributed by atoms with E-state index < -0.39 is 9.84 Å². The number of rotatable bonds is 4. The Kier molecular flexibility index (Phi) is 3.80. The fourth-order valence-electron chi connectivity index (χ4n) is 1.59. The molecule has 0 bridgehead atoms. The van der Waals surface area contributed by atoms with Crippen LogP contribution in [0.5, 0.6) is 5.88 Å². The highest BCUT2D eigenvalue weighted by atomic mass is 32.2. The van der Waals surface area contributed by atoms with Gasteiger partial charge in [-0.1, -0.05) is 0 Å². The summed E-state index contributed by atoms with van der Waals surface area (Å²) in [6.07, 6.45) is 1.16. The van der Waals surface area contributed by atoms with Crippen LogP contribution in [0, 0.1) is 0 Å². The fourth-order valence-corrected chi connectivity index (χ4v) is 2.22. The summed E-state index contributed by atoms with van der Waals surface area (Å²) in [7, 11) is -1.68. The minimum absolute atomic E-state index is 0.259. The van der Waals surface area contributed by atoms with Crippen LogP contribution in [0.15, 0.2) is 41.3 Å². The van der Waals surface area contributed by atoms with E-state index in [0.717, 1.165) is 6.26 Å². The lowest BCUT2D eigenvalue weighted by Gasteiger charge is -2.10. The first-order valence-electron chi connectivity index (χ1n) is 5.78. The molecule has 106 valence electrons. The Balaban J connectivity index is 2.26. The van der Waals surface area contributed by atoms with Gasteiger partial charge in [0.2, 0.25) is 5.88 Å². The van der Waals surface area contributed by atoms with Gasteiger partial charge in [0.15, 0.2) is 15.7 Å². The maximum absolute atomic E-state index is 11.4. The van der Waals surface area contributed by atoms with Crippen molar-refractivity contribution in [2.24, 2.45) is 0 Å². The second-order valence-corrected chi connectivity index (χ2v) is 6.23. The number of nitrogens with zero attached hydrogens (tertiary/aromatic N) is 1. The van der Waals surface area contributed by atoms with Gasteiger partial charge in [-0.3, -0.25) is 0 Å². The highest BCUT2D eigenvalue weighted by Gasteiger charge is 2.07. The molecule has 1 aromatic heterocycles. The molecule has 0 amide bonds. The maximum Gasteiger partial charge on any atom is 0.215 e. The minimum Gasteiger partial charge on any atom is -0.481 e. The van der Waals surface area contributed by atoms with Gasteiger partial charge in [-0.05, 0) is 30.3 Å². The van der Waals surface area contributed by atoms with E-state index in [4.69, 9.17) is 10.5 Å². The number of hydrogen-bond donors (Lipinski definition) is 2. The molecule has 0 unspecified atom stereocenters. The Morgan fingerprint density at radius 3 is 2.35 bits per heavy atom. The van der Waals surface area contributed by atoms with Crippen molar-refractivity contribution in [2.45, 2.75) is 4.90 Å². The Bertz CT molecular complexity index is 712. The summed E-state index contributed by atoms with van der Waals surface area (Å²) in [5, 5.41) is 3.01. The topological polar surface area (TPSA) is 94.3 Å². The van der Waals surface area contributed by atoms with Crippen molar-refractivity contribution in [3.63, 3.8) is 0 Å². The molecule has 2 rings (SSSR count). The van der Waals surface area contributed by atoms with Crippen LogP contribution < -0.4 is 15.8 Å². The average molecular weight is 293 g/mol. The minimum atomic E-state index is -3.20. The van der Waals surface area contributed by atoms with Crippen molar-refractivity contribution in [3.05, 3.63) is 36.4 Å². The number of pyridine rings is 1. The molecule has 1 heterocycles. The first-order valence-corrected chi connectivity index (χ1v) is 7.67. The molecule has 0 aliphatic heterocycles. The average Bonchev–Trinajstić information content (AvgIpc) is 2.41. The SMILES string of the molecule is COc1ccc(N)c(Nc2ccc(S(C)(=O)=O)cc2)n1. The van der Waals surface area contributed by atoms with Crippen LogP contribution in [0.2, 0.25) is 0 Å². The second-order valence-electron chi connectivity index (χ2n) is 4.21. The van der Waals surface area contributed by atoms with Crippen LogP contribution in [-0.2, 0) is 9.84 Å². The molecule has 0 saturated heterocycles. The summed E-state index contributed by atoms with van der Waals surface area (Å²) in [6.45, 7) is 0. The van der Waals surface area contributed by atoms with Crippen molar-refractivity contribution in [1.29, 1.82) is 0 Å². The number of nitrogen functional groups attached to an aromatic ring is 1. The second kappa shape index (κ2) is 5.38. The third kappa shape index (κ3) is 3.18. The molecule has 0 saturated carbocycles. The Labute approximate surface area is 117 Å². The Morgan fingerprint density at radius 2 is 1.80 bits per heavy atom. The summed E-state index contributed by atoms with van der Waals surface area (Å²) in [5.41, 5.74) is 6.97.